The summed E-state index contributed by atoms with van der Waals surface area (Å²) in [6.07, 6.45) is 3.95. The fraction of sp³-hybridized carbons (Fsp3) is 0.355. The number of halogens is 2. The van der Waals surface area contributed by atoms with E-state index in [2.05, 4.69) is 15.2 Å². The molecule has 12 heteroatoms. The van der Waals surface area contributed by atoms with E-state index in [9.17, 15) is 14.4 Å². The van der Waals surface area contributed by atoms with Crippen molar-refractivity contribution in [3.63, 3.8) is 0 Å². The molecule has 1 aliphatic heterocycles. The molecule has 1 aliphatic rings. The Morgan fingerprint density at radius 1 is 1.26 bits per heavy atom. The van der Waals surface area contributed by atoms with Crippen LogP contribution in [0.2, 0.25) is 5.02 Å². The summed E-state index contributed by atoms with van der Waals surface area (Å²) >= 11 is 7.94. The molecule has 1 fully saturated rings. The van der Waals surface area contributed by atoms with Crippen molar-refractivity contribution in [1.82, 2.24) is 9.55 Å². The second kappa shape index (κ2) is 13.2. The third-order valence-corrected chi connectivity index (χ3v) is 8.93. The molecule has 0 spiro atoms. The van der Waals surface area contributed by atoms with E-state index in [1.807, 2.05) is 35.9 Å². The summed E-state index contributed by atoms with van der Waals surface area (Å²) in [6, 6.07) is 10.0. The van der Waals surface area contributed by atoms with E-state index in [0.29, 0.717) is 24.9 Å². The number of aromatic nitrogens is 2. The highest BCUT2D eigenvalue weighted by Gasteiger charge is 2.29. The third kappa shape index (κ3) is 7.06. The lowest BCUT2D eigenvalue weighted by Gasteiger charge is -2.19. The van der Waals surface area contributed by atoms with Crippen LogP contribution in [-0.2, 0) is 39.0 Å². The van der Waals surface area contributed by atoms with Gasteiger partial charge in [0.05, 0.1) is 35.9 Å². The summed E-state index contributed by atoms with van der Waals surface area (Å²) in [4.78, 5) is 44.9. The maximum atomic E-state index is 15.1. The number of ketones is 1. The Hall–Kier alpha value is -3.80. The molecule has 1 N–H and O–H groups in total. The van der Waals surface area contributed by atoms with Crippen LogP contribution in [0.3, 0.4) is 0 Å². The molecule has 1 amide bonds. The van der Waals surface area contributed by atoms with Gasteiger partial charge in [0.1, 0.15) is 11.9 Å². The molecule has 5 rings (SSSR count). The normalized spacial score (nSPS) is 15.6. The first-order valence-corrected chi connectivity index (χ1v) is 15.1. The zero-order valence-corrected chi connectivity index (χ0v) is 25.6. The van der Waals surface area contributed by atoms with E-state index in [4.69, 9.17) is 21.1 Å². The summed E-state index contributed by atoms with van der Waals surface area (Å²) in [7, 11) is 3.21. The van der Waals surface area contributed by atoms with Crippen LogP contribution in [0.1, 0.15) is 40.6 Å². The van der Waals surface area contributed by atoms with Crippen molar-refractivity contribution >= 4 is 62.3 Å². The number of nitrogens with one attached hydrogen (secondary N) is 1. The smallest absolute Gasteiger partial charge is 0.305 e. The van der Waals surface area contributed by atoms with E-state index in [-0.39, 0.29) is 40.6 Å². The number of hydrogen-bond donors (Lipinski definition) is 1. The predicted octanol–water partition coefficient (Wildman–Crippen LogP) is 5.58. The number of Topliss-reactive ketones (excluding diaryl/α,β-unsaturated/α-hetero) is 1. The molecular formula is C31H32ClFN4O5S. The number of carbonyl (C=O) groups is 3. The molecular weight excluding hydrogens is 595 g/mol. The average Bonchev–Trinajstić information content (AvgIpc) is 3.73. The molecule has 43 heavy (non-hydrogen) atoms. The van der Waals surface area contributed by atoms with Crippen molar-refractivity contribution in [2.75, 3.05) is 30.4 Å². The highest BCUT2D eigenvalue weighted by Crippen LogP contribution is 2.30. The largest absolute Gasteiger partial charge is 0.469 e. The van der Waals surface area contributed by atoms with Crippen LogP contribution in [0.15, 0.2) is 48.8 Å². The van der Waals surface area contributed by atoms with E-state index in [0.717, 1.165) is 39.9 Å². The maximum absolute atomic E-state index is 15.1. The number of benzene rings is 2. The van der Waals surface area contributed by atoms with Gasteiger partial charge in [-0.3, -0.25) is 14.4 Å². The first-order chi connectivity index (χ1) is 20.6. The number of anilines is 2. The number of aryl methyl sites for hydroxylation is 2. The van der Waals surface area contributed by atoms with Crippen LogP contribution in [0.5, 0.6) is 0 Å². The number of thiazole rings is 1. The van der Waals surface area contributed by atoms with Gasteiger partial charge in [0.2, 0.25) is 0 Å². The van der Waals surface area contributed by atoms with Crippen LogP contribution in [-0.4, -0.2) is 59.6 Å². The summed E-state index contributed by atoms with van der Waals surface area (Å²) in [5.41, 5.74) is 1.59. The molecule has 226 valence electrons. The molecule has 3 heterocycles. The number of para-hydroxylation sites is 1. The highest BCUT2D eigenvalue weighted by molar-refractivity contribution is 7.15. The molecule has 2 atom stereocenters. The van der Waals surface area contributed by atoms with Gasteiger partial charge in [0, 0.05) is 54.7 Å². The Balaban J connectivity index is 1.15. The summed E-state index contributed by atoms with van der Waals surface area (Å²) in [6.45, 7) is 2.97. The predicted molar refractivity (Wildman–Crippen MR) is 165 cm³/mol. The topological polar surface area (TPSA) is 103 Å². The van der Waals surface area contributed by atoms with E-state index in [1.165, 1.54) is 24.5 Å². The van der Waals surface area contributed by atoms with Gasteiger partial charge in [-0.25, -0.2) is 9.37 Å². The lowest BCUT2D eigenvalue weighted by atomic mass is 10.0. The maximum Gasteiger partial charge on any atom is 0.305 e. The van der Waals surface area contributed by atoms with Gasteiger partial charge >= 0.3 is 5.97 Å². The molecule has 0 aliphatic carbocycles. The van der Waals surface area contributed by atoms with Gasteiger partial charge in [0.25, 0.3) is 5.91 Å². The van der Waals surface area contributed by atoms with Crippen LogP contribution < -0.4 is 10.2 Å². The molecule has 2 aromatic carbocycles. The minimum atomic E-state index is -0.749. The minimum Gasteiger partial charge on any atom is -0.469 e. The van der Waals surface area contributed by atoms with Crippen molar-refractivity contribution in [2.24, 2.45) is 7.05 Å². The number of hydrogen-bond acceptors (Lipinski definition) is 8. The molecule has 1 saturated heterocycles. The van der Waals surface area contributed by atoms with Crippen LogP contribution >= 0.6 is 22.9 Å². The standard InChI is InChI=1S/C31H32ClFN4O5S/c1-18(42-20-10-11-37(16-20)31-34-15-21(43-31)8-9-29(39)41-3)28(38)13-19-12-24(32)26(14-25(19)33)35-30(40)23-17-36(2)27-7-5-4-6-22(23)27/h4-7,12,14-15,17-18,20H,8-11,13,16H2,1-3H3,(H,35,40)/t18?,20-/m0/s1. The Morgan fingerprint density at radius 3 is 2.84 bits per heavy atom. The van der Waals surface area contributed by atoms with Crippen molar-refractivity contribution in [3.8, 4) is 0 Å². The molecule has 4 aromatic rings. The summed E-state index contributed by atoms with van der Waals surface area (Å²) in [5.74, 6) is -1.59. The van der Waals surface area contributed by atoms with Gasteiger partial charge in [-0.2, -0.15) is 0 Å². The number of esters is 1. The Labute approximate surface area is 257 Å². The Bertz CT molecular complexity index is 1670. The van der Waals surface area contributed by atoms with Crippen molar-refractivity contribution in [3.05, 3.63) is 75.6 Å². The fourth-order valence-electron chi connectivity index (χ4n) is 5.13. The summed E-state index contributed by atoms with van der Waals surface area (Å²) < 4.78 is 27.7. The van der Waals surface area contributed by atoms with Gasteiger partial charge in [-0.1, -0.05) is 29.8 Å². The van der Waals surface area contributed by atoms with E-state index < -0.39 is 17.8 Å². The van der Waals surface area contributed by atoms with Gasteiger partial charge in [-0.15, -0.1) is 11.3 Å². The lowest BCUT2D eigenvalue weighted by Crippen LogP contribution is -2.30. The number of ether oxygens (including phenoxy) is 2. The number of fused-ring (bicyclic) bond motifs is 1. The first kappa shape index (κ1) is 30.7. The number of amides is 1. The molecule has 9 nitrogen and oxygen atoms in total. The summed E-state index contributed by atoms with van der Waals surface area (Å²) in [5, 5.41) is 4.44. The lowest BCUT2D eigenvalue weighted by molar-refractivity contribution is -0.140. The molecule has 0 bridgehead atoms. The number of carbonyl (C=O) groups excluding carboxylic acids is 3. The van der Waals surface area contributed by atoms with Crippen molar-refractivity contribution in [1.29, 1.82) is 0 Å². The zero-order chi connectivity index (χ0) is 30.7. The minimum absolute atomic E-state index is 0.124. The van der Waals surface area contributed by atoms with Gasteiger partial charge < -0.3 is 24.3 Å². The molecule has 2 aromatic heterocycles. The van der Waals surface area contributed by atoms with E-state index >= 15 is 4.39 Å². The second-order valence-corrected chi connectivity index (χ2v) is 12.0. The number of nitrogens with zero attached hydrogens (tertiary/aromatic N) is 3. The first-order valence-electron chi connectivity index (χ1n) is 13.9. The third-order valence-electron chi connectivity index (χ3n) is 7.50. The molecule has 1 unspecified atom stereocenters. The van der Waals surface area contributed by atoms with Crippen LogP contribution in [0, 0.1) is 5.82 Å². The fourth-order valence-corrected chi connectivity index (χ4v) is 6.30. The molecule has 0 radical (unpaired) electrons. The van der Waals surface area contributed by atoms with E-state index in [1.54, 1.807) is 19.3 Å². The van der Waals surface area contributed by atoms with Crippen molar-refractivity contribution < 1.29 is 28.2 Å². The van der Waals surface area contributed by atoms with Crippen LogP contribution in [0.25, 0.3) is 10.9 Å². The Kier molecular flexibility index (Phi) is 9.43. The number of methoxy groups -OCH3 is 1. The highest BCUT2D eigenvalue weighted by atomic mass is 35.5. The van der Waals surface area contributed by atoms with Gasteiger partial charge in [-0.05, 0) is 43.5 Å². The monoisotopic (exact) mass is 626 g/mol. The quantitative estimate of drug-likeness (QED) is 0.217. The van der Waals surface area contributed by atoms with Gasteiger partial charge in [0.15, 0.2) is 10.9 Å². The number of rotatable bonds is 11. The van der Waals surface area contributed by atoms with Crippen LogP contribution in [0.4, 0.5) is 15.2 Å². The second-order valence-electron chi connectivity index (χ2n) is 10.5. The van der Waals surface area contributed by atoms with Crippen molar-refractivity contribution in [2.45, 2.75) is 44.8 Å². The zero-order valence-electron chi connectivity index (χ0n) is 24.1. The molecule has 0 saturated carbocycles. The SMILES string of the molecule is COC(=O)CCc1cnc(N2CC[C@H](OC(C)C(=O)Cc3cc(Cl)c(NC(=O)c4cn(C)c5ccccc45)cc3F)C2)s1. The Morgan fingerprint density at radius 2 is 2.05 bits per heavy atom. The average molecular weight is 627 g/mol.